The van der Waals surface area contributed by atoms with Gasteiger partial charge in [0.05, 0.1) is 28.9 Å². The second-order valence-corrected chi connectivity index (χ2v) is 11.1. The number of nitrogens with one attached hydrogen (secondary N) is 2. The zero-order chi connectivity index (χ0) is 27.6. The molecule has 1 heterocycles. The fraction of sp³-hybridized carbons (Fsp3) is 0.414. The topological polar surface area (TPSA) is 110 Å². The van der Waals surface area contributed by atoms with E-state index in [4.69, 9.17) is 21.1 Å². The summed E-state index contributed by atoms with van der Waals surface area (Å²) < 4.78 is 10.7. The Hall–Kier alpha value is -3.52. The van der Waals surface area contributed by atoms with E-state index >= 15 is 0 Å². The summed E-state index contributed by atoms with van der Waals surface area (Å²) in [5, 5.41) is 17.7. The summed E-state index contributed by atoms with van der Waals surface area (Å²) in [4.78, 5) is 29.2. The molecule has 8 nitrogen and oxygen atoms in total. The minimum atomic E-state index is -0.538. The number of carbonyl (C=O) groups is 2. The Morgan fingerprint density at radius 3 is 2.37 bits per heavy atom. The molecule has 0 aliphatic heterocycles. The molecule has 4 rings (SSSR count). The number of fused-ring (bicyclic) bond motifs is 1. The third-order valence-corrected chi connectivity index (χ3v) is 6.91. The molecule has 2 aromatic carbocycles. The first kappa shape index (κ1) is 27.5. The first-order valence-electron chi connectivity index (χ1n) is 12.7. The van der Waals surface area contributed by atoms with Crippen LogP contribution >= 0.6 is 11.6 Å². The van der Waals surface area contributed by atoms with E-state index in [2.05, 4.69) is 15.6 Å². The normalized spacial score (nSPS) is 17.6. The number of alkyl carbamates (subject to hydrolysis) is 1. The van der Waals surface area contributed by atoms with E-state index in [0.717, 1.165) is 53.4 Å². The van der Waals surface area contributed by atoms with Gasteiger partial charge in [-0.25, -0.2) is 4.79 Å². The lowest BCUT2D eigenvalue weighted by Gasteiger charge is -2.31. The average Bonchev–Trinajstić information content (AvgIpc) is 2.85. The Kier molecular flexibility index (Phi) is 8.02. The summed E-state index contributed by atoms with van der Waals surface area (Å²) in [7, 11) is 1.47. The van der Waals surface area contributed by atoms with Gasteiger partial charge >= 0.3 is 6.09 Å². The third kappa shape index (κ3) is 6.30. The monoisotopic (exact) mass is 539 g/mol. The SMILES string of the molecule is COc1cc(-c2ccc3ncc(C(C)=O)c(N[C@H]4CC[C@H](NC(=O)OC(C)(C)C)CC4)c3c2)cc(Cl)c1O. The largest absolute Gasteiger partial charge is 0.503 e. The summed E-state index contributed by atoms with van der Waals surface area (Å²) in [6.07, 6.45) is 4.46. The van der Waals surface area contributed by atoms with Gasteiger partial charge < -0.3 is 25.2 Å². The molecule has 3 aromatic rings. The molecular weight excluding hydrogens is 506 g/mol. The molecule has 202 valence electrons. The lowest BCUT2D eigenvalue weighted by molar-refractivity contribution is 0.0492. The first-order chi connectivity index (χ1) is 17.9. The number of ether oxygens (including phenoxy) is 2. The maximum Gasteiger partial charge on any atom is 0.407 e. The molecule has 0 saturated heterocycles. The van der Waals surface area contributed by atoms with E-state index in [0.29, 0.717) is 5.56 Å². The number of halogens is 1. The standard InChI is InChI=1S/C29H34ClN3O5/c1-16(34)22-15-31-24-11-6-17(18-13-23(30)27(35)25(14-18)37-5)12-21(24)26(22)32-19-7-9-20(10-8-19)33-28(36)38-29(2,3)4/h6,11-15,19-20,35H,7-10H2,1-5H3,(H,31,32)(H,33,36)/t19-,20-. The molecule has 38 heavy (non-hydrogen) atoms. The van der Waals surface area contributed by atoms with Crippen molar-refractivity contribution >= 4 is 40.1 Å². The number of carbonyl (C=O) groups excluding carboxylic acids is 2. The predicted molar refractivity (Wildman–Crippen MR) is 149 cm³/mol. The number of methoxy groups -OCH3 is 1. The van der Waals surface area contributed by atoms with Gasteiger partial charge in [0.1, 0.15) is 5.60 Å². The van der Waals surface area contributed by atoms with Gasteiger partial charge in [-0.3, -0.25) is 9.78 Å². The second kappa shape index (κ2) is 11.1. The molecule has 1 saturated carbocycles. The number of hydrogen-bond acceptors (Lipinski definition) is 7. The van der Waals surface area contributed by atoms with Gasteiger partial charge in [0, 0.05) is 23.7 Å². The van der Waals surface area contributed by atoms with Crippen molar-refractivity contribution in [2.45, 2.75) is 71.1 Å². The van der Waals surface area contributed by atoms with Crippen LogP contribution in [0.15, 0.2) is 36.5 Å². The van der Waals surface area contributed by atoms with Crippen LogP contribution in [-0.4, -0.2) is 46.8 Å². The molecule has 0 atom stereocenters. The van der Waals surface area contributed by atoms with Crippen LogP contribution in [0.3, 0.4) is 0 Å². The number of hydrogen-bond donors (Lipinski definition) is 3. The van der Waals surface area contributed by atoms with Crippen LogP contribution in [0.2, 0.25) is 5.02 Å². The van der Waals surface area contributed by atoms with Crippen molar-refractivity contribution in [1.82, 2.24) is 10.3 Å². The molecular formula is C29H34ClN3O5. The summed E-state index contributed by atoms with van der Waals surface area (Å²) in [5.74, 6) is 0.0820. The molecule has 0 spiro atoms. The predicted octanol–water partition coefficient (Wildman–Crippen LogP) is 6.72. The second-order valence-electron chi connectivity index (χ2n) is 10.7. The number of phenols is 1. The third-order valence-electron chi connectivity index (χ3n) is 6.63. The number of phenolic OH excluding ortho intramolecular Hbond substituents is 1. The van der Waals surface area contributed by atoms with Crippen LogP contribution in [0.25, 0.3) is 22.0 Å². The number of ketones is 1. The van der Waals surface area contributed by atoms with Crippen molar-refractivity contribution < 1.29 is 24.2 Å². The number of Topliss-reactive ketones (excluding diaryl/α,β-unsaturated/α-hetero) is 1. The highest BCUT2D eigenvalue weighted by atomic mass is 35.5. The van der Waals surface area contributed by atoms with Crippen molar-refractivity contribution in [3.8, 4) is 22.6 Å². The van der Waals surface area contributed by atoms with Crippen LogP contribution in [0.1, 0.15) is 63.7 Å². The number of amides is 1. The minimum Gasteiger partial charge on any atom is -0.503 e. The van der Waals surface area contributed by atoms with Crippen LogP contribution in [-0.2, 0) is 4.74 Å². The van der Waals surface area contributed by atoms with E-state index in [1.807, 2.05) is 39.0 Å². The smallest absolute Gasteiger partial charge is 0.407 e. The fourth-order valence-electron chi connectivity index (χ4n) is 4.75. The number of anilines is 1. The van der Waals surface area contributed by atoms with Gasteiger partial charge in [0.15, 0.2) is 17.3 Å². The molecule has 1 aliphatic carbocycles. The summed E-state index contributed by atoms with van der Waals surface area (Å²) in [6, 6.07) is 9.35. The van der Waals surface area contributed by atoms with Crippen LogP contribution < -0.4 is 15.4 Å². The molecule has 1 amide bonds. The maximum atomic E-state index is 12.6. The molecule has 3 N–H and O–H groups in total. The molecule has 1 fully saturated rings. The molecule has 0 radical (unpaired) electrons. The fourth-order valence-corrected chi connectivity index (χ4v) is 4.96. The molecule has 9 heteroatoms. The number of nitrogens with zero attached hydrogens (tertiary/aromatic N) is 1. The first-order valence-corrected chi connectivity index (χ1v) is 13.1. The van der Waals surface area contributed by atoms with Crippen molar-refractivity contribution in [2.75, 3.05) is 12.4 Å². The van der Waals surface area contributed by atoms with Crippen molar-refractivity contribution in [3.05, 3.63) is 47.1 Å². The number of aromatic nitrogens is 1. The number of rotatable bonds is 6. The Balaban J connectivity index is 1.60. The molecule has 0 bridgehead atoms. The van der Waals surface area contributed by atoms with Gasteiger partial charge in [-0.1, -0.05) is 17.7 Å². The van der Waals surface area contributed by atoms with Gasteiger partial charge in [0.2, 0.25) is 0 Å². The van der Waals surface area contributed by atoms with Gasteiger partial charge in [-0.05, 0) is 88.8 Å². The van der Waals surface area contributed by atoms with Crippen molar-refractivity contribution in [3.63, 3.8) is 0 Å². The summed E-state index contributed by atoms with van der Waals surface area (Å²) in [5.41, 5.74) is 3.07. The van der Waals surface area contributed by atoms with Gasteiger partial charge in [-0.15, -0.1) is 0 Å². The quantitative estimate of drug-likeness (QED) is 0.298. The Labute approximate surface area is 227 Å². The zero-order valence-corrected chi connectivity index (χ0v) is 23.1. The molecule has 1 aliphatic rings. The summed E-state index contributed by atoms with van der Waals surface area (Å²) >= 11 is 6.23. The van der Waals surface area contributed by atoms with E-state index < -0.39 is 11.7 Å². The summed E-state index contributed by atoms with van der Waals surface area (Å²) in [6.45, 7) is 7.07. The van der Waals surface area contributed by atoms with Crippen molar-refractivity contribution in [1.29, 1.82) is 0 Å². The number of aromatic hydroxyl groups is 1. The van der Waals surface area contributed by atoms with Crippen LogP contribution in [0.5, 0.6) is 11.5 Å². The van der Waals surface area contributed by atoms with Crippen LogP contribution in [0.4, 0.5) is 10.5 Å². The van der Waals surface area contributed by atoms with E-state index in [9.17, 15) is 14.7 Å². The Morgan fingerprint density at radius 1 is 1.05 bits per heavy atom. The lowest BCUT2D eigenvalue weighted by Crippen LogP contribution is -2.42. The van der Waals surface area contributed by atoms with E-state index in [1.54, 1.807) is 18.3 Å². The van der Waals surface area contributed by atoms with Gasteiger partial charge in [-0.2, -0.15) is 0 Å². The Bertz CT molecular complexity index is 1360. The molecule has 1 aromatic heterocycles. The highest BCUT2D eigenvalue weighted by Crippen LogP contribution is 2.40. The van der Waals surface area contributed by atoms with Crippen LogP contribution in [0, 0.1) is 0 Å². The van der Waals surface area contributed by atoms with E-state index in [-0.39, 0.29) is 34.4 Å². The molecule has 0 unspecified atom stereocenters. The highest BCUT2D eigenvalue weighted by molar-refractivity contribution is 6.32. The number of benzene rings is 2. The van der Waals surface area contributed by atoms with Crippen molar-refractivity contribution in [2.24, 2.45) is 0 Å². The minimum absolute atomic E-state index is 0.0465. The number of pyridine rings is 1. The Morgan fingerprint density at radius 2 is 1.74 bits per heavy atom. The van der Waals surface area contributed by atoms with Gasteiger partial charge in [0.25, 0.3) is 0 Å². The highest BCUT2D eigenvalue weighted by Gasteiger charge is 2.26. The zero-order valence-electron chi connectivity index (χ0n) is 22.4. The van der Waals surface area contributed by atoms with E-state index in [1.165, 1.54) is 14.0 Å². The average molecular weight is 540 g/mol. The lowest BCUT2D eigenvalue weighted by atomic mass is 9.90. The maximum absolute atomic E-state index is 12.6.